The third-order valence-electron chi connectivity index (χ3n) is 3.72. The summed E-state index contributed by atoms with van der Waals surface area (Å²) in [5.74, 6) is 0.0651. The molecule has 0 saturated heterocycles. The van der Waals surface area contributed by atoms with E-state index in [9.17, 15) is 4.79 Å². The van der Waals surface area contributed by atoms with Gasteiger partial charge in [0.05, 0.1) is 0 Å². The lowest BCUT2D eigenvalue weighted by Gasteiger charge is -2.10. The van der Waals surface area contributed by atoms with Gasteiger partial charge in [0.15, 0.2) is 0 Å². The maximum atomic E-state index is 12.2. The number of carbonyl (C=O) groups is 1. The summed E-state index contributed by atoms with van der Waals surface area (Å²) in [7, 11) is 1.93. The van der Waals surface area contributed by atoms with Gasteiger partial charge in [0, 0.05) is 12.1 Å². The largest absolute Gasteiger partial charge is 0.352 e. The van der Waals surface area contributed by atoms with E-state index in [2.05, 4.69) is 17.6 Å². The summed E-state index contributed by atoms with van der Waals surface area (Å²) in [6, 6.07) is 7.89. The molecular formula is C18H30N2O. The zero-order chi connectivity index (χ0) is 15.3. The minimum absolute atomic E-state index is 0.0651. The number of amides is 1. The second kappa shape index (κ2) is 11.3. The minimum Gasteiger partial charge on any atom is -0.352 e. The molecule has 0 aliphatic carbocycles. The number of likely N-dealkylation sites (N-methyl/N-ethyl adjacent to an activating group) is 1. The lowest BCUT2D eigenvalue weighted by Crippen LogP contribution is -2.26. The summed E-state index contributed by atoms with van der Waals surface area (Å²) in [6.45, 7) is 3.90. The highest BCUT2D eigenvalue weighted by atomic mass is 16.1. The maximum absolute atomic E-state index is 12.2. The van der Waals surface area contributed by atoms with Crippen molar-refractivity contribution in [1.29, 1.82) is 0 Å². The molecule has 0 unspecified atom stereocenters. The third kappa shape index (κ3) is 7.28. The van der Waals surface area contributed by atoms with Gasteiger partial charge in [-0.2, -0.15) is 0 Å². The Kier molecular flexibility index (Phi) is 9.55. The fourth-order valence-corrected chi connectivity index (χ4v) is 2.42. The number of carbonyl (C=O) groups excluding carboxylic acids is 1. The van der Waals surface area contributed by atoms with E-state index >= 15 is 0 Å². The summed E-state index contributed by atoms with van der Waals surface area (Å²) < 4.78 is 0. The van der Waals surface area contributed by atoms with E-state index in [-0.39, 0.29) is 5.91 Å². The van der Waals surface area contributed by atoms with Gasteiger partial charge in [-0.05, 0) is 38.1 Å². The van der Waals surface area contributed by atoms with E-state index in [1.54, 1.807) is 0 Å². The van der Waals surface area contributed by atoms with Gasteiger partial charge < -0.3 is 10.6 Å². The van der Waals surface area contributed by atoms with Crippen molar-refractivity contribution < 1.29 is 4.79 Å². The van der Waals surface area contributed by atoms with E-state index in [1.807, 2.05) is 31.3 Å². The van der Waals surface area contributed by atoms with Crippen LogP contribution in [0.4, 0.5) is 0 Å². The number of unbranched alkanes of at least 4 members (excludes halogenated alkanes) is 5. The molecule has 0 fully saturated rings. The highest BCUT2D eigenvalue weighted by molar-refractivity contribution is 5.95. The number of nitrogens with one attached hydrogen (secondary N) is 2. The summed E-state index contributed by atoms with van der Waals surface area (Å²) in [5.41, 5.74) is 1.94. The third-order valence-corrected chi connectivity index (χ3v) is 3.72. The molecule has 0 radical (unpaired) electrons. The second-order valence-electron chi connectivity index (χ2n) is 5.53. The van der Waals surface area contributed by atoms with E-state index < -0.39 is 0 Å². The fourth-order valence-electron chi connectivity index (χ4n) is 2.42. The molecule has 1 aromatic carbocycles. The van der Waals surface area contributed by atoms with Crippen LogP contribution in [0.25, 0.3) is 0 Å². The first-order valence-electron chi connectivity index (χ1n) is 8.30. The lowest BCUT2D eigenvalue weighted by atomic mass is 10.0. The smallest absolute Gasteiger partial charge is 0.251 e. The first-order chi connectivity index (χ1) is 10.3. The minimum atomic E-state index is 0.0651. The first-order valence-corrected chi connectivity index (χ1v) is 8.30. The van der Waals surface area contributed by atoms with Crippen LogP contribution in [-0.2, 0) is 6.42 Å². The molecule has 0 saturated carbocycles. The summed E-state index contributed by atoms with van der Waals surface area (Å²) in [4.78, 5) is 12.2. The molecule has 0 heterocycles. The molecule has 0 bridgehead atoms. The monoisotopic (exact) mass is 290 g/mol. The lowest BCUT2D eigenvalue weighted by molar-refractivity contribution is 0.0952. The first kappa shape index (κ1) is 17.7. The van der Waals surface area contributed by atoms with Gasteiger partial charge in [0.25, 0.3) is 5.91 Å². The Morgan fingerprint density at radius 2 is 1.71 bits per heavy atom. The molecule has 21 heavy (non-hydrogen) atoms. The van der Waals surface area contributed by atoms with Gasteiger partial charge in [-0.15, -0.1) is 0 Å². The molecule has 2 N–H and O–H groups in total. The van der Waals surface area contributed by atoms with Crippen molar-refractivity contribution in [2.24, 2.45) is 0 Å². The van der Waals surface area contributed by atoms with Crippen LogP contribution in [-0.4, -0.2) is 26.0 Å². The zero-order valence-electron chi connectivity index (χ0n) is 13.6. The Bertz CT molecular complexity index is 404. The normalized spacial score (nSPS) is 10.6. The van der Waals surface area contributed by atoms with Crippen LogP contribution in [0.3, 0.4) is 0 Å². The fraction of sp³-hybridized carbons (Fsp3) is 0.611. The summed E-state index contributed by atoms with van der Waals surface area (Å²) >= 11 is 0. The molecule has 3 nitrogen and oxygen atoms in total. The zero-order valence-corrected chi connectivity index (χ0v) is 13.6. The van der Waals surface area contributed by atoms with Crippen LogP contribution < -0.4 is 10.6 Å². The maximum Gasteiger partial charge on any atom is 0.251 e. The van der Waals surface area contributed by atoms with Crippen LogP contribution in [0, 0.1) is 0 Å². The van der Waals surface area contributed by atoms with Crippen molar-refractivity contribution in [3.8, 4) is 0 Å². The number of hydrogen-bond donors (Lipinski definition) is 2. The Morgan fingerprint density at radius 3 is 2.48 bits per heavy atom. The molecular weight excluding hydrogens is 260 g/mol. The van der Waals surface area contributed by atoms with Gasteiger partial charge in [0.1, 0.15) is 0 Å². The highest BCUT2D eigenvalue weighted by Gasteiger charge is 2.09. The topological polar surface area (TPSA) is 41.1 Å². The Morgan fingerprint density at radius 1 is 1.00 bits per heavy atom. The van der Waals surface area contributed by atoms with E-state index in [4.69, 9.17) is 0 Å². The van der Waals surface area contributed by atoms with Gasteiger partial charge in [0.2, 0.25) is 0 Å². The van der Waals surface area contributed by atoms with Crippen molar-refractivity contribution >= 4 is 5.91 Å². The summed E-state index contributed by atoms with van der Waals surface area (Å²) in [5, 5.41) is 6.17. The predicted octanol–water partition coefficient (Wildman–Crippen LogP) is 3.54. The molecule has 0 spiro atoms. The Labute approximate surface area is 129 Å². The van der Waals surface area contributed by atoms with E-state index in [1.165, 1.54) is 32.1 Å². The molecule has 1 amide bonds. The Hall–Kier alpha value is -1.35. The molecule has 0 atom stereocenters. The van der Waals surface area contributed by atoms with E-state index in [0.717, 1.165) is 37.1 Å². The van der Waals surface area contributed by atoms with Crippen LogP contribution in [0.1, 0.15) is 61.4 Å². The van der Waals surface area contributed by atoms with Gasteiger partial charge in [-0.1, -0.05) is 57.2 Å². The van der Waals surface area contributed by atoms with Crippen molar-refractivity contribution in [2.45, 2.75) is 51.9 Å². The van der Waals surface area contributed by atoms with E-state index in [0.29, 0.717) is 0 Å². The average Bonchev–Trinajstić information content (AvgIpc) is 2.52. The van der Waals surface area contributed by atoms with Crippen molar-refractivity contribution in [1.82, 2.24) is 10.6 Å². The van der Waals surface area contributed by atoms with Gasteiger partial charge in [-0.25, -0.2) is 0 Å². The molecule has 118 valence electrons. The quantitative estimate of drug-likeness (QED) is 0.612. The molecule has 1 rings (SSSR count). The van der Waals surface area contributed by atoms with Crippen LogP contribution in [0.5, 0.6) is 0 Å². The molecule has 1 aromatic rings. The molecule has 0 aliphatic rings. The molecule has 0 aliphatic heterocycles. The molecule has 0 aromatic heterocycles. The highest BCUT2D eigenvalue weighted by Crippen LogP contribution is 2.09. The second-order valence-corrected chi connectivity index (χ2v) is 5.53. The van der Waals surface area contributed by atoms with Gasteiger partial charge >= 0.3 is 0 Å². The number of hydrogen-bond acceptors (Lipinski definition) is 2. The van der Waals surface area contributed by atoms with Crippen LogP contribution >= 0.6 is 0 Å². The summed E-state index contributed by atoms with van der Waals surface area (Å²) in [6.07, 6.45) is 8.37. The Balaban J connectivity index is 2.31. The van der Waals surface area contributed by atoms with Crippen LogP contribution in [0.15, 0.2) is 24.3 Å². The van der Waals surface area contributed by atoms with Crippen molar-refractivity contribution in [3.63, 3.8) is 0 Å². The number of rotatable bonds is 11. The van der Waals surface area contributed by atoms with Crippen molar-refractivity contribution in [2.75, 3.05) is 20.1 Å². The van der Waals surface area contributed by atoms with Crippen molar-refractivity contribution in [3.05, 3.63) is 35.4 Å². The predicted molar refractivity (Wildman–Crippen MR) is 89.8 cm³/mol. The standard InChI is InChI=1S/C18H30N2O/c1-3-4-5-6-7-10-14-20-18(21)17-12-9-8-11-16(17)13-15-19-2/h8-9,11-12,19H,3-7,10,13-15H2,1-2H3,(H,20,21). The van der Waals surface area contributed by atoms with Gasteiger partial charge in [-0.3, -0.25) is 4.79 Å². The molecule has 3 heteroatoms. The number of benzene rings is 1. The van der Waals surface area contributed by atoms with Crippen LogP contribution in [0.2, 0.25) is 0 Å². The average molecular weight is 290 g/mol. The SMILES string of the molecule is CCCCCCCCNC(=O)c1ccccc1CCNC.